The number of nitrogens with zero attached hydrogens (tertiary/aromatic N) is 3. The highest BCUT2D eigenvalue weighted by atomic mass is 16.5. The third-order valence-electron chi connectivity index (χ3n) is 5.72. The number of nitrogens with one attached hydrogen (secondary N) is 1. The third kappa shape index (κ3) is 2.59. The van der Waals surface area contributed by atoms with E-state index in [0.717, 1.165) is 34.0 Å². The van der Waals surface area contributed by atoms with Crippen molar-refractivity contribution in [3.05, 3.63) is 59.2 Å². The first-order valence-electron chi connectivity index (χ1n) is 9.61. The molecule has 3 aromatic rings. The smallest absolute Gasteiger partial charge is 0.213 e. The number of aryl methyl sites for hydroxylation is 2. The Hall–Kier alpha value is -3.15. The van der Waals surface area contributed by atoms with Crippen LogP contribution in [-0.2, 0) is 0 Å². The van der Waals surface area contributed by atoms with Crippen molar-refractivity contribution in [2.45, 2.75) is 32.9 Å². The molecular weight excluding hydrogens is 352 g/mol. The van der Waals surface area contributed by atoms with Crippen molar-refractivity contribution in [1.29, 1.82) is 0 Å². The second-order valence-corrected chi connectivity index (χ2v) is 7.70. The second kappa shape index (κ2) is 6.19. The molecule has 1 atom stereocenters. The number of carbonyl (C=O) groups is 1. The molecule has 1 aromatic carbocycles. The summed E-state index contributed by atoms with van der Waals surface area (Å²) in [7, 11) is 2.06. The van der Waals surface area contributed by atoms with Crippen molar-refractivity contribution < 1.29 is 9.32 Å². The molecule has 1 aliphatic heterocycles. The average Bonchev–Trinajstić information content (AvgIpc) is 3.42. The molecule has 1 fully saturated rings. The highest BCUT2D eigenvalue weighted by Gasteiger charge is 2.40. The van der Waals surface area contributed by atoms with Gasteiger partial charge in [0.1, 0.15) is 17.6 Å². The first-order valence-corrected chi connectivity index (χ1v) is 9.61. The molecule has 1 N–H and O–H groups in total. The first kappa shape index (κ1) is 17.0. The molecule has 28 heavy (non-hydrogen) atoms. The van der Waals surface area contributed by atoms with E-state index in [1.165, 1.54) is 12.8 Å². The second-order valence-electron chi connectivity index (χ2n) is 7.70. The SMILES string of the molecule is Cc1noc(C)c1-c1cc2c(c(C(=O)c3ccccn3)c1)N(C)C(C1CC1)N2. The minimum atomic E-state index is -0.0736. The highest BCUT2D eigenvalue weighted by Crippen LogP contribution is 2.47. The van der Waals surface area contributed by atoms with Crippen molar-refractivity contribution >= 4 is 17.2 Å². The average molecular weight is 374 g/mol. The molecule has 0 radical (unpaired) electrons. The molecule has 0 spiro atoms. The lowest BCUT2D eigenvalue weighted by Crippen LogP contribution is -2.34. The van der Waals surface area contributed by atoms with Gasteiger partial charge >= 0.3 is 0 Å². The lowest BCUT2D eigenvalue weighted by atomic mass is 9.96. The van der Waals surface area contributed by atoms with Gasteiger partial charge in [0, 0.05) is 18.8 Å². The van der Waals surface area contributed by atoms with Crippen LogP contribution in [0, 0.1) is 19.8 Å². The van der Waals surface area contributed by atoms with Gasteiger partial charge in [-0.2, -0.15) is 0 Å². The minimum Gasteiger partial charge on any atom is -0.363 e. The number of benzene rings is 1. The third-order valence-corrected chi connectivity index (χ3v) is 5.72. The molecule has 0 saturated heterocycles. The number of ketones is 1. The van der Waals surface area contributed by atoms with Gasteiger partial charge in [-0.15, -0.1) is 0 Å². The van der Waals surface area contributed by atoms with Crippen LogP contribution in [0.4, 0.5) is 11.4 Å². The molecule has 0 amide bonds. The van der Waals surface area contributed by atoms with Crippen molar-refractivity contribution in [3.63, 3.8) is 0 Å². The topological polar surface area (TPSA) is 71.3 Å². The Kier molecular flexibility index (Phi) is 3.75. The van der Waals surface area contributed by atoms with E-state index in [0.29, 0.717) is 17.2 Å². The van der Waals surface area contributed by atoms with Gasteiger partial charge in [-0.1, -0.05) is 11.2 Å². The largest absolute Gasteiger partial charge is 0.363 e. The monoisotopic (exact) mass is 374 g/mol. The van der Waals surface area contributed by atoms with Crippen molar-refractivity contribution in [2.24, 2.45) is 5.92 Å². The van der Waals surface area contributed by atoms with E-state index in [1.807, 2.05) is 32.0 Å². The molecule has 142 valence electrons. The predicted molar refractivity (Wildman–Crippen MR) is 108 cm³/mol. The molecule has 1 aliphatic carbocycles. The molecule has 2 aliphatic rings. The maximum Gasteiger partial charge on any atom is 0.213 e. The van der Waals surface area contributed by atoms with Gasteiger partial charge in [0.2, 0.25) is 5.78 Å². The molecule has 5 rings (SSSR count). The van der Waals surface area contributed by atoms with Gasteiger partial charge < -0.3 is 14.7 Å². The van der Waals surface area contributed by atoms with Crippen LogP contribution in [0.3, 0.4) is 0 Å². The number of rotatable bonds is 4. The van der Waals surface area contributed by atoms with Crippen LogP contribution in [0.2, 0.25) is 0 Å². The number of pyridine rings is 1. The van der Waals surface area contributed by atoms with E-state index in [9.17, 15) is 4.79 Å². The summed E-state index contributed by atoms with van der Waals surface area (Å²) in [5.74, 6) is 1.30. The summed E-state index contributed by atoms with van der Waals surface area (Å²) in [6, 6.07) is 9.48. The zero-order valence-electron chi connectivity index (χ0n) is 16.2. The van der Waals surface area contributed by atoms with E-state index >= 15 is 0 Å². The Labute approximate surface area is 163 Å². The Balaban J connectivity index is 1.69. The number of fused-ring (bicyclic) bond motifs is 1. The van der Waals surface area contributed by atoms with E-state index < -0.39 is 0 Å². The van der Waals surface area contributed by atoms with E-state index in [-0.39, 0.29) is 11.9 Å². The van der Waals surface area contributed by atoms with Gasteiger partial charge in [0.05, 0.1) is 22.6 Å². The molecule has 1 unspecified atom stereocenters. The number of hydrogen-bond donors (Lipinski definition) is 1. The van der Waals surface area contributed by atoms with Gasteiger partial charge in [0.25, 0.3) is 0 Å². The summed E-state index contributed by atoms with van der Waals surface area (Å²) in [6.45, 7) is 3.82. The van der Waals surface area contributed by atoms with Gasteiger partial charge in [-0.3, -0.25) is 9.78 Å². The molecule has 1 saturated carbocycles. The number of anilines is 2. The first-order chi connectivity index (χ1) is 13.5. The fourth-order valence-corrected chi connectivity index (χ4v) is 4.21. The van der Waals surface area contributed by atoms with Crippen molar-refractivity contribution in [2.75, 3.05) is 17.3 Å². The summed E-state index contributed by atoms with van der Waals surface area (Å²) in [6.07, 6.45) is 4.32. The minimum absolute atomic E-state index is 0.0736. The molecule has 6 nitrogen and oxygen atoms in total. The summed E-state index contributed by atoms with van der Waals surface area (Å²) >= 11 is 0. The summed E-state index contributed by atoms with van der Waals surface area (Å²) in [4.78, 5) is 19.9. The van der Waals surface area contributed by atoms with Crippen LogP contribution in [-0.4, -0.2) is 29.1 Å². The Morgan fingerprint density at radius 2 is 2.07 bits per heavy atom. The maximum absolute atomic E-state index is 13.4. The van der Waals surface area contributed by atoms with Crippen LogP contribution in [0.25, 0.3) is 11.1 Å². The molecule has 6 heteroatoms. The zero-order chi connectivity index (χ0) is 19.4. The Bertz CT molecular complexity index is 1050. The Morgan fingerprint density at radius 3 is 2.71 bits per heavy atom. The quantitative estimate of drug-likeness (QED) is 0.691. The lowest BCUT2D eigenvalue weighted by molar-refractivity contribution is 0.103. The zero-order valence-corrected chi connectivity index (χ0v) is 16.2. The standard InChI is InChI=1S/C22H22N4O2/c1-12-19(13(2)28-25-12)15-10-16(21(27)17-6-4-5-9-23-17)20-18(11-15)24-22(26(20)3)14-7-8-14/h4-6,9-11,14,22,24H,7-8H2,1-3H3. The van der Waals surface area contributed by atoms with Crippen LogP contribution >= 0.6 is 0 Å². The van der Waals surface area contributed by atoms with Crippen LogP contribution in [0.5, 0.6) is 0 Å². The maximum atomic E-state index is 13.4. The fraction of sp³-hybridized carbons (Fsp3) is 0.318. The van der Waals surface area contributed by atoms with Gasteiger partial charge in [-0.25, -0.2) is 0 Å². The van der Waals surface area contributed by atoms with Crippen molar-refractivity contribution in [1.82, 2.24) is 10.1 Å². The highest BCUT2D eigenvalue weighted by molar-refractivity contribution is 6.14. The summed E-state index contributed by atoms with van der Waals surface area (Å²) in [5, 5.41) is 7.72. The molecule has 3 heterocycles. The molecule has 2 aromatic heterocycles. The fourth-order valence-electron chi connectivity index (χ4n) is 4.21. The normalized spacial score (nSPS) is 18.1. The van der Waals surface area contributed by atoms with Gasteiger partial charge in [0.15, 0.2) is 0 Å². The number of carbonyl (C=O) groups excluding carboxylic acids is 1. The van der Waals surface area contributed by atoms with E-state index in [4.69, 9.17) is 4.52 Å². The van der Waals surface area contributed by atoms with Crippen molar-refractivity contribution in [3.8, 4) is 11.1 Å². The number of hydrogen-bond acceptors (Lipinski definition) is 6. The molecular formula is C22H22N4O2. The Morgan fingerprint density at radius 1 is 1.25 bits per heavy atom. The molecule has 0 bridgehead atoms. The van der Waals surface area contributed by atoms with E-state index in [2.05, 4.69) is 33.5 Å². The number of aromatic nitrogens is 2. The van der Waals surface area contributed by atoms with Crippen LogP contribution < -0.4 is 10.2 Å². The van der Waals surface area contributed by atoms with Crippen LogP contribution in [0.1, 0.15) is 40.3 Å². The summed E-state index contributed by atoms with van der Waals surface area (Å²) < 4.78 is 5.37. The van der Waals surface area contributed by atoms with Crippen LogP contribution in [0.15, 0.2) is 41.1 Å². The lowest BCUT2D eigenvalue weighted by Gasteiger charge is -2.23. The van der Waals surface area contributed by atoms with E-state index in [1.54, 1.807) is 12.3 Å². The predicted octanol–water partition coefficient (Wildman–Crippen LogP) is 4.18. The summed E-state index contributed by atoms with van der Waals surface area (Å²) in [5.41, 5.74) is 5.73. The van der Waals surface area contributed by atoms with Gasteiger partial charge in [-0.05, 0) is 62.4 Å².